The van der Waals surface area contributed by atoms with Crippen molar-refractivity contribution < 1.29 is 17.9 Å². The first-order valence-corrected chi connectivity index (χ1v) is 5.53. The Morgan fingerprint density at radius 3 is 2.79 bits per heavy atom. The molecule has 1 aromatic heterocycles. The largest absolute Gasteiger partial charge is 0.522 e. The second kappa shape index (κ2) is 5.31. The highest BCUT2D eigenvalue weighted by molar-refractivity contribution is 5.61. The van der Waals surface area contributed by atoms with Gasteiger partial charge in [0.1, 0.15) is 5.82 Å². The lowest BCUT2D eigenvalue weighted by atomic mass is 10.2. The zero-order chi connectivity index (χ0) is 13.9. The van der Waals surface area contributed by atoms with Crippen LogP contribution in [0.2, 0.25) is 0 Å². The molecule has 0 aliphatic rings. The predicted molar refractivity (Wildman–Crippen MR) is 64.1 cm³/mol. The summed E-state index contributed by atoms with van der Waals surface area (Å²) < 4.78 is 41.0. The molecular formula is C12H12F3N3O. The molecule has 0 radical (unpaired) electrons. The molecule has 2 rings (SSSR count). The Morgan fingerprint density at radius 1 is 1.32 bits per heavy atom. The Balaban J connectivity index is 2.10. The maximum atomic E-state index is 11.9. The van der Waals surface area contributed by atoms with Gasteiger partial charge in [0.05, 0.1) is 6.61 Å². The third-order valence-electron chi connectivity index (χ3n) is 2.46. The number of anilines is 1. The summed E-state index contributed by atoms with van der Waals surface area (Å²) >= 11 is 0. The molecule has 0 spiro atoms. The third-order valence-corrected chi connectivity index (χ3v) is 2.46. The normalized spacial score (nSPS) is 11.7. The van der Waals surface area contributed by atoms with E-state index in [1.54, 1.807) is 35.0 Å². The van der Waals surface area contributed by atoms with Crippen molar-refractivity contribution in [3.05, 3.63) is 36.7 Å². The summed E-state index contributed by atoms with van der Waals surface area (Å²) in [5.41, 5.74) is 6.98. The smallest absolute Gasteiger partial charge is 0.399 e. The molecule has 0 aliphatic carbocycles. The molecular weight excluding hydrogens is 259 g/mol. The number of alkyl halides is 3. The summed E-state index contributed by atoms with van der Waals surface area (Å²) in [6, 6.07) is 6.99. The Morgan fingerprint density at radius 2 is 2.11 bits per heavy atom. The molecule has 1 aromatic carbocycles. The highest BCUT2D eigenvalue weighted by atomic mass is 19.4. The number of hydrogen-bond acceptors (Lipinski definition) is 3. The zero-order valence-corrected chi connectivity index (χ0v) is 9.89. The number of hydrogen-bond donors (Lipinski definition) is 1. The van der Waals surface area contributed by atoms with E-state index < -0.39 is 13.0 Å². The van der Waals surface area contributed by atoms with Crippen LogP contribution in [-0.2, 0) is 11.3 Å². The third kappa shape index (κ3) is 3.72. The van der Waals surface area contributed by atoms with Crippen molar-refractivity contribution in [1.82, 2.24) is 9.55 Å². The molecule has 0 saturated heterocycles. The minimum atomic E-state index is -4.61. The van der Waals surface area contributed by atoms with Crippen molar-refractivity contribution >= 4 is 5.69 Å². The van der Waals surface area contributed by atoms with Crippen LogP contribution in [0.3, 0.4) is 0 Å². The van der Waals surface area contributed by atoms with Crippen LogP contribution in [0.1, 0.15) is 0 Å². The quantitative estimate of drug-likeness (QED) is 0.870. The van der Waals surface area contributed by atoms with Gasteiger partial charge in [0.15, 0.2) is 0 Å². The summed E-state index contributed by atoms with van der Waals surface area (Å²) in [4.78, 5) is 4.11. The number of rotatable bonds is 4. The highest BCUT2D eigenvalue weighted by Crippen LogP contribution is 2.20. The Hall–Kier alpha value is -2.02. The Labute approximate surface area is 107 Å². The molecule has 0 fully saturated rings. The minimum absolute atomic E-state index is 0.0592. The van der Waals surface area contributed by atoms with Crippen molar-refractivity contribution in [1.29, 1.82) is 0 Å². The SMILES string of the molecule is Nc1cccc(-c2nccn2CCOC(F)(F)F)c1. The number of nitrogen functional groups attached to an aromatic ring is 1. The first-order chi connectivity index (χ1) is 8.96. The van der Waals surface area contributed by atoms with Crippen LogP contribution in [0.5, 0.6) is 0 Å². The number of aromatic nitrogens is 2. The van der Waals surface area contributed by atoms with Crippen LogP contribution < -0.4 is 5.73 Å². The summed E-state index contributed by atoms with van der Waals surface area (Å²) in [6.45, 7) is -0.404. The Bertz CT molecular complexity index is 551. The number of halogens is 3. The topological polar surface area (TPSA) is 53.1 Å². The molecule has 0 atom stereocenters. The first kappa shape index (κ1) is 13.4. The lowest BCUT2D eigenvalue weighted by molar-refractivity contribution is -0.325. The number of ether oxygens (including phenoxy) is 1. The minimum Gasteiger partial charge on any atom is -0.399 e. The summed E-state index contributed by atoms with van der Waals surface area (Å²) in [7, 11) is 0. The molecule has 0 bridgehead atoms. The van der Waals surface area contributed by atoms with Gasteiger partial charge in [-0.25, -0.2) is 4.98 Å². The summed E-state index contributed by atoms with van der Waals surface area (Å²) in [5, 5.41) is 0. The van der Waals surface area contributed by atoms with Crippen LogP contribution in [-0.4, -0.2) is 22.5 Å². The van der Waals surface area contributed by atoms with E-state index in [-0.39, 0.29) is 6.54 Å². The van der Waals surface area contributed by atoms with Gasteiger partial charge in [-0.15, -0.1) is 13.2 Å². The van der Waals surface area contributed by atoms with Crippen LogP contribution in [0.15, 0.2) is 36.7 Å². The molecule has 2 aromatic rings. The van der Waals surface area contributed by atoms with Crippen LogP contribution in [0.4, 0.5) is 18.9 Å². The molecule has 0 aliphatic heterocycles. The number of benzene rings is 1. The van der Waals surface area contributed by atoms with Crippen LogP contribution >= 0.6 is 0 Å². The summed E-state index contributed by atoms with van der Waals surface area (Å²) in [6.07, 6.45) is -1.50. The highest BCUT2D eigenvalue weighted by Gasteiger charge is 2.28. The molecule has 0 saturated carbocycles. The second-order valence-electron chi connectivity index (χ2n) is 3.86. The number of nitrogens with zero attached hydrogens (tertiary/aromatic N) is 2. The van der Waals surface area contributed by atoms with Gasteiger partial charge in [-0.3, -0.25) is 4.74 Å². The van der Waals surface area contributed by atoms with E-state index in [1.165, 1.54) is 6.20 Å². The maximum absolute atomic E-state index is 11.9. The Kier molecular flexibility index (Phi) is 3.75. The van der Waals surface area contributed by atoms with Crippen molar-refractivity contribution in [2.24, 2.45) is 0 Å². The standard InChI is InChI=1S/C12H12F3N3O/c13-12(14,15)19-7-6-18-5-4-17-11(18)9-2-1-3-10(16)8-9/h1-5,8H,6-7,16H2. The number of nitrogens with two attached hydrogens (primary N) is 1. The molecule has 4 nitrogen and oxygen atoms in total. The monoisotopic (exact) mass is 271 g/mol. The van der Waals surface area contributed by atoms with E-state index in [0.29, 0.717) is 11.5 Å². The zero-order valence-electron chi connectivity index (χ0n) is 9.89. The van der Waals surface area contributed by atoms with E-state index in [0.717, 1.165) is 5.56 Å². The van der Waals surface area contributed by atoms with Gasteiger partial charge in [-0.1, -0.05) is 12.1 Å². The first-order valence-electron chi connectivity index (χ1n) is 5.53. The number of imidazole rings is 1. The lowest BCUT2D eigenvalue weighted by Gasteiger charge is -2.10. The maximum Gasteiger partial charge on any atom is 0.522 e. The van der Waals surface area contributed by atoms with Gasteiger partial charge in [-0.2, -0.15) is 0 Å². The van der Waals surface area contributed by atoms with Crippen molar-refractivity contribution in [3.8, 4) is 11.4 Å². The van der Waals surface area contributed by atoms with Gasteiger partial charge in [0.2, 0.25) is 0 Å². The lowest BCUT2D eigenvalue weighted by Crippen LogP contribution is -2.17. The van der Waals surface area contributed by atoms with Crippen molar-refractivity contribution in [2.45, 2.75) is 12.9 Å². The second-order valence-corrected chi connectivity index (χ2v) is 3.86. The molecule has 7 heteroatoms. The fourth-order valence-electron chi connectivity index (χ4n) is 1.69. The molecule has 2 N–H and O–H groups in total. The van der Waals surface area contributed by atoms with Gasteiger partial charge >= 0.3 is 6.36 Å². The van der Waals surface area contributed by atoms with E-state index in [9.17, 15) is 13.2 Å². The molecule has 102 valence electrons. The molecule has 19 heavy (non-hydrogen) atoms. The fourth-order valence-corrected chi connectivity index (χ4v) is 1.69. The van der Waals surface area contributed by atoms with Crippen LogP contribution in [0.25, 0.3) is 11.4 Å². The average molecular weight is 271 g/mol. The van der Waals surface area contributed by atoms with E-state index in [1.807, 2.05) is 0 Å². The van der Waals surface area contributed by atoms with Crippen LogP contribution in [0, 0.1) is 0 Å². The van der Waals surface area contributed by atoms with E-state index in [4.69, 9.17) is 5.73 Å². The van der Waals surface area contributed by atoms with E-state index in [2.05, 4.69) is 9.72 Å². The summed E-state index contributed by atoms with van der Waals surface area (Å²) in [5.74, 6) is 0.554. The molecule has 0 amide bonds. The van der Waals surface area contributed by atoms with E-state index >= 15 is 0 Å². The predicted octanol–water partition coefficient (Wildman–Crippen LogP) is 2.67. The fraction of sp³-hybridized carbons (Fsp3) is 0.250. The molecule has 0 unspecified atom stereocenters. The van der Waals surface area contributed by atoms with Gasteiger partial charge < -0.3 is 10.3 Å². The van der Waals surface area contributed by atoms with Gasteiger partial charge in [0.25, 0.3) is 0 Å². The van der Waals surface area contributed by atoms with Crippen molar-refractivity contribution in [3.63, 3.8) is 0 Å². The van der Waals surface area contributed by atoms with Gasteiger partial charge in [0, 0.05) is 30.2 Å². The molecule has 1 heterocycles. The average Bonchev–Trinajstić information content (AvgIpc) is 2.75. The van der Waals surface area contributed by atoms with Gasteiger partial charge in [-0.05, 0) is 12.1 Å². The van der Waals surface area contributed by atoms with Crippen molar-refractivity contribution in [2.75, 3.05) is 12.3 Å².